The van der Waals surface area contributed by atoms with Crippen LogP contribution in [0, 0.1) is 5.92 Å². The van der Waals surface area contributed by atoms with E-state index in [0.29, 0.717) is 12.5 Å². The first-order valence-electron chi connectivity index (χ1n) is 8.93. The van der Waals surface area contributed by atoms with E-state index in [4.69, 9.17) is 4.74 Å². The molecule has 3 atom stereocenters. The van der Waals surface area contributed by atoms with Crippen LogP contribution in [0.25, 0.3) is 0 Å². The van der Waals surface area contributed by atoms with E-state index >= 15 is 0 Å². The Morgan fingerprint density at radius 3 is 2.58 bits per heavy atom. The molecule has 0 radical (unpaired) electrons. The third-order valence-corrected chi connectivity index (χ3v) is 4.41. The van der Waals surface area contributed by atoms with Gasteiger partial charge < -0.3 is 20.5 Å². The molecule has 1 aliphatic carbocycles. The fourth-order valence-electron chi connectivity index (χ4n) is 3.12. The van der Waals surface area contributed by atoms with Crippen molar-refractivity contribution in [3.8, 4) is 5.75 Å². The molecule has 0 heterocycles. The number of carbonyl (C=O) groups is 1. The van der Waals surface area contributed by atoms with Gasteiger partial charge in [0.2, 0.25) is 0 Å². The molecule has 134 valence electrons. The second-order valence-corrected chi connectivity index (χ2v) is 7.00. The third-order valence-electron chi connectivity index (χ3n) is 4.41. The predicted octanol–water partition coefficient (Wildman–Crippen LogP) is 3.39. The van der Waals surface area contributed by atoms with Crippen molar-refractivity contribution in [3.05, 3.63) is 29.8 Å². The minimum Gasteiger partial charge on any atom is -0.491 e. The topological polar surface area (TPSA) is 70.6 Å². The lowest BCUT2D eigenvalue weighted by Gasteiger charge is -2.26. The molecule has 0 spiro atoms. The zero-order valence-electron chi connectivity index (χ0n) is 14.9. The van der Waals surface area contributed by atoms with Crippen LogP contribution in [-0.4, -0.2) is 29.9 Å². The Hall–Kier alpha value is -1.75. The Kier molecular flexibility index (Phi) is 6.91. The number of benzene rings is 1. The van der Waals surface area contributed by atoms with Gasteiger partial charge in [-0.05, 0) is 63.6 Å². The standard InChI is InChI=1S/C19H30N2O3/c1-13(2)24-18-9-7-16(8-10-18)14(3)21-19(23)20-12-15-5-4-6-17(22)11-15/h7-10,13-15,17,22H,4-6,11-12H2,1-3H3,(H2,20,21,23). The number of rotatable bonds is 6. The number of ether oxygens (including phenoxy) is 1. The highest BCUT2D eigenvalue weighted by Crippen LogP contribution is 2.23. The summed E-state index contributed by atoms with van der Waals surface area (Å²) in [7, 11) is 0. The van der Waals surface area contributed by atoms with Crippen molar-refractivity contribution < 1.29 is 14.6 Å². The van der Waals surface area contributed by atoms with Gasteiger partial charge in [-0.15, -0.1) is 0 Å². The Morgan fingerprint density at radius 1 is 1.25 bits per heavy atom. The summed E-state index contributed by atoms with van der Waals surface area (Å²) in [6, 6.07) is 7.56. The molecule has 1 aromatic carbocycles. The van der Waals surface area contributed by atoms with Crippen LogP contribution < -0.4 is 15.4 Å². The molecule has 5 nitrogen and oxygen atoms in total. The number of aliphatic hydroxyl groups is 1. The molecule has 3 N–H and O–H groups in total. The summed E-state index contributed by atoms with van der Waals surface area (Å²) in [6.07, 6.45) is 3.72. The van der Waals surface area contributed by atoms with Crippen molar-refractivity contribution in [2.24, 2.45) is 5.92 Å². The van der Waals surface area contributed by atoms with Gasteiger partial charge >= 0.3 is 6.03 Å². The SMILES string of the molecule is CC(C)Oc1ccc(C(C)NC(=O)NCC2CCCC(O)C2)cc1. The van der Waals surface area contributed by atoms with Gasteiger partial charge in [-0.3, -0.25) is 0 Å². The van der Waals surface area contributed by atoms with Crippen molar-refractivity contribution in [3.63, 3.8) is 0 Å². The van der Waals surface area contributed by atoms with Crippen molar-refractivity contribution in [2.75, 3.05) is 6.54 Å². The van der Waals surface area contributed by atoms with Crippen LogP contribution in [-0.2, 0) is 0 Å². The lowest BCUT2D eigenvalue weighted by Crippen LogP contribution is -2.40. The van der Waals surface area contributed by atoms with Gasteiger partial charge in [0.1, 0.15) is 5.75 Å². The summed E-state index contributed by atoms with van der Waals surface area (Å²) in [5.74, 6) is 1.21. The minimum atomic E-state index is -0.209. The molecule has 0 bridgehead atoms. The number of carbonyl (C=O) groups excluding carboxylic acids is 1. The maximum atomic E-state index is 12.1. The van der Waals surface area contributed by atoms with E-state index in [1.165, 1.54) is 0 Å². The van der Waals surface area contributed by atoms with E-state index in [1.54, 1.807) is 0 Å². The van der Waals surface area contributed by atoms with Gasteiger partial charge in [0.15, 0.2) is 0 Å². The summed E-state index contributed by atoms with van der Waals surface area (Å²) in [5.41, 5.74) is 1.04. The minimum absolute atomic E-state index is 0.0740. The maximum absolute atomic E-state index is 12.1. The van der Waals surface area contributed by atoms with E-state index in [0.717, 1.165) is 37.0 Å². The molecule has 24 heavy (non-hydrogen) atoms. The van der Waals surface area contributed by atoms with Crippen LogP contribution in [0.2, 0.25) is 0 Å². The number of nitrogens with one attached hydrogen (secondary N) is 2. The first kappa shape index (κ1) is 18.6. The van der Waals surface area contributed by atoms with E-state index < -0.39 is 0 Å². The van der Waals surface area contributed by atoms with E-state index in [1.807, 2.05) is 45.0 Å². The third kappa shape index (κ3) is 6.04. The molecular formula is C19H30N2O3. The van der Waals surface area contributed by atoms with Gasteiger partial charge in [-0.2, -0.15) is 0 Å². The Labute approximate surface area is 144 Å². The van der Waals surface area contributed by atoms with E-state index in [9.17, 15) is 9.90 Å². The molecule has 0 saturated heterocycles. The molecule has 1 aliphatic rings. The second-order valence-electron chi connectivity index (χ2n) is 7.00. The molecule has 1 aromatic rings. The second kappa shape index (κ2) is 8.92. The largest absolute Gasteiger partial charge is 0.491 e. The van der Waals surface area contributed by atoms with Gasteiger partial charge in [0.25, 0.3) is 0 Å². The van der Waals surface area contributed by atoms with Crippen LogP contribution >= 0.6 is 0 Å². The van der Waals surface area contributed by atoms with E-state index in [2.05, 4.69) is 10.6 Å². The zero-order chi connectivity index (χ0) is 17.5. The molecule has 3 unspecified atom stereocenters. The average Bonchev–Trinajstić information content (AvgIpc) is 2.53. The van der Waals surface area contributed by atoms with Crippen LogP contribution in [0.3, 0.4) is 0 Å². The Balaban J connectivity index is 1.76. The van der Waals surface area contributed by atoms with E-state index in [-0.39, 0.29) is 24.3 Å². The molecule has 1 saturated carbocycles. The number of urea groups is 1. The molecule has 0 aliphatic heterocycles. The average molecular weight is 334 g/mol. The van der Waals surface area contributed by atoms with Gasteiger partial charge in [-0.25, -0.2) is 4.79 Å². The zero-order valence-corrected chi connectivity index (χ0v) is 14.9. The fourth-order valence-corrected chi connectivity index (χ4v) is 3.12. The summed E-state index contributed by atoms with van der Waals surface area (Å²) in [4.78, 5) is 12.1. The molecule has 0 aromatic heterocycles. The first-order valence-corrected chi connectivity index (χ1v) is 8.93. The number of hydrogen-bond acceptors (Lipinski definition) is 3. The molecule has 2 amide bonds. The highest BCUT2D eigenvalue weighted by molar-refractivity contribution is 5.74. The van der Waals surface area contributed by atoms with Crippen molar-refractivity contribution >= 4 is 6.03 Å². The van der Waals surface area contributed by atoms with Crippen molar-refractivity contribution in [1.82, 2.24) is 10.6 Å². The predicted molar refractivity (Wildman–Crippen MR) is 95.1 cm³/mol. The fraction of sp³-hybridized carbons (Fsp3) is 0.632. The maximum Gasteiger partial charge on any atom is 0.315 e. The lowest BCUT2D eigenvalue weighted by molar-refractivity contribution is 0.101. The van der Waals surface area contributed by atoms with Crippen LogP contribution in [0.5, 0.6) is 5.75 Å². The van der Waals surface area contributed by atoms with Gasteiger partial charge in [-0.1, -0.05) is 18.6 Å². The van der Waals surface area contributed by atoms with Crippen LogP contribution in [0.4, 0.5) is 4.79 Å². The molecule has 5 heteroatoms. The van der Waals surface area contributed by atoms with Crippen LogP contribution in [0.15, 0.2) is 24.3 Å². The van der Waals surface area contributed by atoms with Crippen molar-refractivity contribution in [1.29, 1.82) is 0 Å². The smallest absolute Gasteiger partial charge is 0.315 e. The highest BCUT2D eigenvalue weighted by Gasteiger charge is 2.20. The monoisotopic (exact) mass is 334 g/mol. The van der Waals surface area contributed by atoms with Gasteiger partial charge in [0.05, 0.1) is 18.2 Å². The quantitative estimate of drug-likeness (QED) is 0.747. The summed E-state index contributed by atoms with van der Waals surface area (Å²) >= 11 is 0. The normalized spacial score (nSPS) is 22.0. The molecular weight excluding hydrogens is 304 g/mol. The summed E-state index contributed by atoms with van der Waals surface area (Å²) < 4.78 is 5.62. The van der Waals surface area contributed by atoms with Gasteiger partial charge in [0, 0.05) is 6.54 Å². The molecule has 1 fully saturated rings. The number of hydrogen-bond donors (Lipinski definition) is 3. The Morgan fingerprint density at radius 2 is 1.96 bits per heavy atom. The molecule has 2 rings (SSSR count). The van der Waals surface area contributed by atoms with Crippen LogP contribution in [0.1, 0.15) is 58.1 Å². The summed E-state index contributed by atoms with van der Waals surface area (Å²) in [5, 5.41) is 15.6. The summed E-state index contributed by atoms with van der Waals surface area (Å²) in [6.45, 7) is 6.57. The first-order chi connectivity index (χ1) is 11.4. The number of amides is 2. The number of aliphatic hydroxyl groups excluding tert-OH is 1. The Bertz CT molecular complexity index is 516. The lowest BCUT2D eigenvalue weighted by atomic mass is 9.87. The highest BCUT2D eigenvalue weighted by atomic mass is 16.5. The van der Waals surface area contributed by atoms with Crippen molar-refractivity contribution in [2.45, 2.75) is 64.7 Å².